The third kappa shape index (κ3) is 2.92. The number of amides is 1. The van der Waals surface area contributed by atoms with Crippen LogP contribution in [-0.2, 0) is 6.54 Å². The molecule has 1 aromatic heterocycles. The van der Waals surface area contributed by atoms with Crippen LogP contribution in [0.25, 0.3) is 0 Å². The lowest BCUT2D eigenvalue weighted by Gasteiger charge is -2.03. The third-order valence-electron chi connectivity index (χ3n) is 1.98. The van der Waals surface area contributed by atoms with Gasteiger partial charge in [0.05, 0.1) is 16.6 Å². The van der Waals surface area contributed by atoms with Gasteiger partial charge >= 0.3 is 0 Å². The Morgan fingerprint density at radius 3 is 2.82 bits per heavy atom. The molecule has 0 atom stereocenters. The average molecular weight is 272 g/mol. The zero-order valence-corrected chi connectivity index (χ0v) is 9.96. The third-order valence-corrected chi connectivity index (χ3v) is 2.72. The highest BCUT2D eigenvalue weighted by Gasteiger charge is 2.08. The molecule has 2 rings (SSSR count). The van der Waals surface area contributed by atoms with Crippen LogP contribution in [0.2, 0.25) is 10.0 Å². The first-order chi connectivity index (χ1) is 8.16. The monoisotopic (exact) mass is 271 g/mol. The quantitative estimate of drug-likeness (QED) is 0.885. The second kappa shape index (κ2) is 5.11. The second-order valence-electron chi connectivity index (χ2n) is 3.14. The summed E-state index contributed by atoms with van der Waals surface area (Å²) in [6, 6.07) is 4.64. The molecule has 1 aromatic carbocycles. The van der Waals surface area contributed by atoms with Gasteiger partial charge in [-0.25, -0.2) is 0 Å². The van der Waals surface area contributed by atoms with Gasteiger partial charge in [-0.3, -0.25) is 4.79 Å². The predicted octanol–water partition coefficient (Wildman–Crippen LogP) is 1.44. The summed E-state index contributed by atoms with van der Waals surface area (Å²) in [6.45, 7) is 0.190. The van der Waals surface area contributed by atoms with Crippen molar-refractivity contribution in [2.45, 2.75) is 6.54 Å². The summed E-state index contributed by atoms with van der Waals surface area (Å²) in [7, 11) is 0. The summed E-state index contributed by atoms with van der Waals surface area (Å²) < 4.78 is 0. The van der Waals surface area contributed by atoms with Crippen molar-refractivity contribution in [1.29, 1.82) is 0 Å². The molecule has 0 saturated carbocycles. The van der Waals surface area contributed by atoms with Crippen molar-refractivity contribution < 1.29 is 4.79 Å². The topological polar surface area (TPSA) is 83.6 Å². The summed E-state index contributed by atoms with van der Waals surface area (Å²) in [6.07, 6.45) is 0. The Balaban J connectivity index is 2.02. The van der Waals surface area contributed by atoms with Crippen LogP contribution in [-0.4, -0.2) is 26.5 Å². The van der Waals surface area contributed by atoms with E-state index < -0.39 is 0 Å². The Hall–Kier alpha value is -1.66. The van der Waals surface area contributed by atoms with Crippen molar-refractivity contribution in [2.75, 3.05) is 0 Å². The largest absolute Gasteiger partial charge is 0.345 e. The van der Waals surface area contributed by atoms with E-state index in [1.807, 2.05) is 0 Å². The Morgan fingerprint density at radius 2 is 2.18 bits per heavy atom. The molecule has 0 unspecified atom stereocenters. The first kappa shape index (κ1) is 11.8. The number of nitrogens with one attached hydrogen (secondary N) is 2. The fourth-order valence-corrected chi connectivity index (χ4v) is 1.45. The number of hydrogen-bond donors (Lipinski definition) is 2. The minimum absolute atomic E-state index is 0.190. The molecule has 0 aliphatic heterocycles. The lowest BCUT2D eigenvalue weighted by Crippen LogP contribution is -2.23. The molecule has 0 saturated heterocycles. The zero-order chi connectivity index (χ0) is 12.3. The smallest absolute Gasteiger partial charge is 0.251 e. The van der Waals surface area contributed by atoms with Crippen molar-refractivity contribution in [1.82, 2.24) is 25.9 Å². The summed E-state index contributed by atoms with van der Waals surface area (Å²) in [5.74, 6) is 0.117. The number of H-pyrrole nitrogens is 1. The van der Waals surface area contributed by atoms with Crippen LogP contribution in [0.1, 0.15) is 16.2 Å². The molecule has 88 valence electrons. The van der Waals surface area contributed by atoms with Gasteiger partial charge in [-0.05, 0) is 18.2 Å². The molecular weight excluding hydrogens is 265 g/mol. The van der Waals surface area contributed by atoms with E-state index in [0.717, 1.165) is 0 Å². The van der Waals surface area contributed by atoms with Gasteiger partial charge in [0.25, 0.3) is 5.91 Å². The maximum Gasteiger partial charge on any atom is 0.251 e. The number of aromatic nitrogens is 4. The van der Waals surface area contributed by atoms with E-state index in [4.69, 9.17) is 23.2 Å². The summed E-state index contributed by atoms with van der Waals surface area (Å²) >= 11 is 11.6. The molecular formula is C9H7Cl2N5O. The standard InChI is InChI=1S/C9H7Cl2N5O/c10-6-2-1-5(3-7(6)11)9(17)12-4-8-13-15-16-14-8/h1-3H,4H2,(H,12,17)(H,13,14,15,16). The predicted molar refractivity (Wildman–Crippen MR) is 61.8 cm³/mol. The molecule has 6 nitrogen and oxygen atoms in total. The van der Waals surface area contributed by atoms with Gasteiger partial charge in [-0.15, -0.1) is 10.2 Å². The number of carbonyl (C=O) groups excluding carboxylic acids is 1. The van der Waals surface area contributed by atoms with E-state index in [-0.39, 0.29) is 12.5 Å². The van der Waals surface area contributed by atoms with Crippen LogP contribution >= 0.6 is 23.2 Å². The second-order valence-corrected chi connectivity index (χ2v) is 3.95. The van der Waals surface area contributed by atoms with Gasteiger partial charge in [0.2, 0.25) is 0 Å². The molecule has 2 aromatic rings. The molecule has 1 amide bonds. The minimum Gasteiger partial charge on any atom is -0.345 e. The zero-order valence-electron chi connectivity index (χ0n) is 8.44. The van der Waals surface area contributed by atoms with Crippen molar-refractivity contribution >= 4 is 29.1 Å². The van der Waals surface area contributed by atoms with Gasteiger partial charge < -0.3 is 5.32 Å². The molecule has 0 aliphatic rings. The van der Waals surface area contributed by atoms with Crippen molar-refractivity contribution in [3.63, 3.8) is 0 Å². The molecule has 8 heteroatoms. The van der Waals surface area contributed by atoms with Crippen LogP contribution in [0.3, 0.4) is 0 Å². The fraction of sp³-hybridized carbons (Fsp3) is 0.111. The van der Waals surface area contributed by atoms with E-state index in [2.05, 4.69) is 25.9 Å². The molecule has 0 fully saturated rings. The summed E-state index contributed by atoms with van der Waals surface area (Å²) in [5.41, 5.74) is 0.419. The van der Waals surface area contributed by atoms with Crippen LogP contribution < -0.4 is 5.32 Å². The molecule has 0 aliphatic carbocycles. The first-order valence-corrected chi connectivity index (χ1v) is 5.38. The Bertz CT molecular complexity index is 528. The SMILES string of the molecule is O=C(NCc1nn[nH]n1)c1ccc(Cl)c(Cl)c1. The highest BCUT2D eigenvalue weighted by molar-refractivity contribution is 6.42. The molecule has 2 N–H and O–H groups in total. The number of nitrogens with zero attached hydrogens (tertiary/aromatic N) is 3. The van der Waals surface area contributed by atoms with Gasteiger partial charge in [-0.2, -0.15) is 5.21 Å². The maximum absolute atomic E-state index is 11.7. The van der Waals surface area contributed by atoms with E-state index in [1.165, 1.54) is 6.07 Å². The summed E-state index contributed by atoms with van der Waals surface area (Å²) in [5, 5.41) is 16.4. The Morgan fingerprint density at radius 1 is 1.35 bits per heavy atom. The minimum atomic E-state index is -0.284. The Labute approximate surface area is 106 Å². The van der Waals surface area contributed by atoms with Crippen molar-refractivity contribution in [3.8, 4) is 0 Å². The highest BCUT2D eigenvalue weighted by atomic mass is 35.5. The number of tetrazole rings is 1. The van der Waals surface area contributed by atoms with Crippen LogP contribution in [0, 0.1) is 0 Å². The highest BCUT2D eigenvalue weighted by Crippen LogP contribution is 2.22. The Kier molecular flexibility index (Phi) is 3.55. The molecule has 0 radical (unpaired) electrons. The first-order valence-electron chi connectivity index (χ1n) is 4.62. The van der Waals surface area contributed by atoms with E-state index >= 15 is 0 Å². The lowest BCUT2D eigenvalue weighted by atomic mass is 10.2. The normalized spacial score (nSPS) is 10.2. The van der Waals surface area contributed by atoms with E-state index in [9.17, 15) is 4.79 Å². The van der Waals surface area contributed by atoms with Gasteiger partial charge in [0.1, 0.15) is 0 Å². The molecule has 17 heavy (non-hydrogen) atoms. The van der Waals surface area contributed by atoms with Gasteiger partial charge in [-0.1, -0.05) is 28.4 Å². The van der Waals surface area contributed by atoms with Gasteiger partial charge in [0.15, 0.2) is 5.82 Å². The molecule has 0 bridgehead atoms. The average Bonchev–Trinajstić information content (AvgIpc) is 2.82. The number of hydrogen-bond acceptors (Lipinski definition) is 4. The van der Waals surface area contributed by atoms with Crippen molar-refractivity contribution in [3.05, 3.63) is 39.6 Å². The van der Waals surface area contributed by atoms with Gasteiger partial charge in [0, 0.05) is 5.56 Å². The number of carbonyl (C=O) groups is 1. The summed E-state index contributed by atoms with van der Waals surface area (Å²) in [4.78, 5) is 11.7. The number of benzene rings is 1. The van der Waals surface area contributed by atoms with E-state index in [1.54, 1.807) is 12.1 Å². The number of aromatic amines is 1. The molecule has 1 heterocycles. The maximum atomic E-state index is 11.7. The van der Waals surface area contributed by atoms with Crippen LogP contribution in [0.5, 0.6) is 0 Å². The number of halogens is 2. The number of rotatable bonds is 3. The fourth-order valence-electron chi connectivity index (χ4n) is 1.16. The molecule has 0 spiro atoms. The van der Waals surface area contributed by atoms with Crippen molar-refractivity contribution in [2.24, 2.45) is 0 Å². The van der Waals surface area contributed by atoms with Crippen LogP contribution in [0.4, 0.5) is 0 Å². The van der Waals surface area contributed by atoms with Crippen LogP contribution in [0.15, 0.2) is 18.2 Å². The van der Waals surface area contributed by atoms with E-state index in [0.29, 0.717) is 21.4 Å². The lowest BCUT2D eigenvalue weighted by molar-refractivity contribution is 0.0950.